The largest absolute Gasteiger partial charge is 0.385 e. The number of rotatable bonds is 6. The zero-order valence-corrected chi connectivity index (χ0v) is 11.7. The smallest absolute Gasteiger partial charge is 0.256 e. The number of amides is 2. The van der Waals surface area contributed by atoms with Crippen LogP contribution in [0.1, 0.15) is 24.2 Å². The van der Waals surface area contributed by atoms with Crippen LogP contribution in [-0.4, -0.2) is 43.4 Å². The number of anilines is 1. The topological polar surface area (TPSA) is 61.4 Å². The highest BCUT2D eigenvalue weighted by atomic mass is 16.2. The summed E-state index contributed by atoms with van der Waals surface area (Å²) < 4.78 is 0. The highest BCUT2D eigenvalue weighted by Gasteiger charge is 2.17. The van der Waals surface area contributed by atoms with Gasteiger partial charge in [-0.05, 0) is 26.0 Å². The van der Waals surface area contributed by atoms with Crippen LogP contribution in [0.5, 0.6) is 0 Å². The summed E-state index contributed by atoms with van der Waals surface area (Å²) in [5.41, 5.74) is 1.37. The second-order valence-electron chi connectivity index (χ2n) is 4.19. The Morgan fingerprint density at radius 3 is 2.47 bits per heavy atom. The molecule has 0 heterocycles. The standard InChI is InChI=1S/C14H21N3O2/c1-4-15-12-9-7-6-8-11(12)14(19)17(3)10-13(18)16-5-2/h6-9,15H,4-5,10H2,1-3H3,(H,16,18). The van der Waals surface area contributed by atoms with Crippen LogP contribution in [0.3, 0.4) is 0 Å². The minimum atomic E-state index is -0.164. The molecule has 0 unspecified atom stereocenters. The summed E-state index contributed by atoms with van der Waals surface area (Å²) in [5, 5.41) is 5.82. The minimum Gasteiger partial charge on any atom is -0.385 e. The lowest BCUT2D eigenvalue weighted by Crippen LogP contribution is -2.38. The molecule has 19 heavy (non-hydrogen) atoms. The van der Waals surface area contributed by atoms with Gasteiger partial charge in [-0.2, -0.15) is 0 Å². The summed E-state index contributed by atoms with van der Waals surface area (Å²) in [6.45, 7) is 5.19. The lowest BCUT2D eigenvalue weighted by atomic mass is 10.1. The van der Waals surface area contributed by atoms with Gasteiger partial charge in [-0.3, -0.25) is 9.59 Å². The lowest BCUT2D eigenvalue weighted by Gasteiger charge is -2.18. The first-order valence-corrected chi connectivity index (χ1v) is 6.45. The molecule has 1 aromatic rings. The number of hydrogen-bond donors (Lipinski definition) is 2. The predicted molar refractivity (Wildman–Crippen MR) is 76.2 cm³/mol. The van der Waals surface area contributed by atoms with Crippen LogP contribution in [0.25, 0.3) is 0 Å². The van der Waals surface area contributed by atoms with Gasteiger partial charge in [0.2, 0.25) is 5.91 Å². The average Bonchev–Trinajstić information content (AvgIpc) is 2.39. The van der Waals surface area contributed by atoms with Crippen LogP contribution in [0.2, 0.25) is 0 Å². The molecule has 0 aliphatic rings. The van der Waals surface area contributed by atoms with E-state index in [4.69, 9.17) is 0 Å². The fourth-order valence-corrected chi connectivity index (χ4v) is 1.76. The summed E-state index contributed by atoms with van der Waals surface area (Å²) >= 11 is 0. The van der Waals surface area contributed by atoms with Crippen LogP contribution < -0.4 is 10.6 Å². The number of likely N-dealkylation sites (N-methyl/N-ethyl adjacent to an activating group) is 2. The van der Waals surface area contributed by atoms with E-state index < -0.39 is 0 Å². The van der Waals surface area contributed by atoms with Crippen molar-refractivity contribution in [1.29, 1.82) is 0 Å². The number of nitrogens with one attached hydrogen (secondary N) is 2. The van der Waals surface area contributed by atoms with Gasteiger partial charge in [-0.15, -0.1) is 0 Å². The molecule has 2 amide bonds. The van der Waals surface area contributed by atoms with Crippen molar-refractivity contribution in [1.82, 2.24) is 10.2 Å². The van der Waals surface area contributed by atoms with Crippen molar-refractivity contribution in [2.75, 3.05) is 32.0 Å². The molecule has 2 N–H and O–H groups in total. The van der Waals surface area contributed by atoms with Crippen LogP contribution in [0.4, 0.5) is 5.69 Å². The molecule has 0 aliphatic heterocycles. The van der Waals surface area contributed by atoms with E-state index in [0.717, 1.165) is 12.2 Å². The van der Waals surface area contributed by atoms with Gasteiger partial charge in [0.15, 0.2) is 0 Å². The monoisotopic (exact) mass is 263 g/mol. The summed E-state index contributed by atoms with van der Waals surface area (Å²) in [6, 6.07) is 7.30. The van der Waals surface area contributed by atoms with Crippen molar-refractivity contribution in [2.45, 2.75) is 13.8 Å². The van der Waals surface area contributed by atoms with E-state index in [1.165, 1.54) is 4.90 Å². The Kier molecular flexibility index (Phi) is 5.85. The quantitative estimate of drug-likeness (QED) is 0.814. The molecular formula is C14H21N3O2. The van der Waals surface area contributed by atoms with Gasteiger partial charge < -0.3 is 15.5 Å². The number of carbonyl (C=O) groups excluding carboxylic acids is 2. The summed E-state index contributed by atoms with van der Waals surface area (Å²) in [4.78, 5) is 25.2. The zero-order valence-electron chi connectivity index (χ0n) is 11.7. The van der Waals surface area contributed by atoms with E-state index >= 15 is 0 Å². The molecule has 0 saturated carbocycles. The van der Waals surface area contributed by atoms with Gasteiger partial charge in [-0.25, -0.2) is 0 Å². The average molecular weight is 263 g/mol. The fourth-order valence-electron chi connectivity index (χ4n) is 1.76. The lowest BCUT2D eigenvalue weighted by molar-refractivity contribution is -0.121. The second kappa shape index (κ2) is 7.41. The number of carbonyl (C=O) groups is 2. The first kappa shape index (κ1) is 15.0. The number of benzene rings is 1. The van der Waals surface area contributed by atoms with Crippen molar-refractivity contribution in [3.63, 3.8) is 0 Å². The van der Waals surface area contributed by atoms with Gasteiger partial charge in [0.25, 0.3) is 5.91 Å². The Hall–Kier alpha value is -2.04. The third kappa shape index (κ3) is 4.28. The highest BCUT2D eigenvalue weighted by Crippen LogP contribution is 2.16. The Morgan fingerprint density at radius 1 is 1.16 bits per heavy atom. The first-order chi connectivity index (χ1) is 9.10. The molecule has 5 heteroatoms. The van der Waals surface area contributed by atoms with Gasteiger partial charge in [0, 0.05) is 25.8 Å². The van der Waals surface area contributed by atoms with Gasteiger partial charge in [0.1, 0.15) is 0 Å². The molecule has 0 aliphatic carbocycles. The molecule has 0 saturated heterocycles. The molecule has 1 rings (SSSR count). The van der Waals surface area contributed by atoms with Gasteiger partial charge in [-0.1, -0.05) is 12.1 Å². The van der Waals surface area contributed by atoms with E-state index in [-0.39, 0.29) is 18.4 Å². The summed E-state index contributed by atoms with van der Waals surface area (Å²) in [5.74, 6) is -0.318. The van der Waals surface area contributed by atoms with Crippen molar-refractivity contribution in [2.24, 2.45) is 0 Å². The Morgan fingerprint density at radius 2 is 1.84 bits per heavy atom. The highest BCUT2D eigenvalue weighted by molar-refractivity contribution is 6.00. The number of para-hydroxylation sites is 1. The Balaban J connectivity index is 2.79. The molecule has 1 aromatic carbocycles. The molecule has 0 fully saturated rings. The number of nitrogens with zero attached hydrogens (tertiary/aromatic N) is 1. The molecule has 0 aromatic heterocycles. The molecular weight excluding hydrogens is 242 g/mol. The zero-order chi connectivity index (χ0) is 14.3. The van der Waals surface area contributed by atoms with Gasteiger partial charge in [0.05, 0.1) is 12.1 Å². The van der Waals surface area contributed by atoms with E-state index in [1.807, 2.05) is 32.0 Å². The Bertz CT molecular complexity index is 446. The second-order valence-corrected chi connectivity index (χ2v) is 4.19. The van der Waals surface area contributed by atoms with Crippen LogP contribution in [0.15, 0.2) is 24.3 Å². The van der Waals surface area contributed by atoms with E-state index in [1.54, 1.807) is 13.1 Å². The summed E-state index contributed by atoms with van der Waals surface area (Å²) in [7, 11) is 1.63. The predicted octanol–water partition coefficient (Wildman–Crippen LogP) is 1.33. The summed E-state index contributed by atoms with van der Waals surface area (Å²) in [6.07, 6.45) is 0. The molecule has 0 radical (unpaired) electrons. The SMILES string of the molecule is CCNC(=O)CN(C)C(=O)c1ccccc1NCC. The van der Waals surface area contributed by atoms with E-state index in [2.05, 4.69) is 10.6 Å². The first-order valence-electron chi connectivity index (χ1n) is 6.45. The van der Waals surface area contributed by atoms with E-state index in [0.29, 0.717) is 12.1 Å². The van der Waals surface area contributed by atoms with Crippen LogP contribution in [0, 0.1) is 0 Å². The Labute approximate surface area is 114 Å². The number of hydrogen-bond acceptors (Lipinski definition) is 3. The third-order valence-electron chi connectivity index (χ3n) is 2.63. The van der Waals surface area contributed by atoms with Crippen molar-refractivity contribution in [3.05, 3.63) is 29.8 Å². The maximum absolute atomic E-state index is 12.3. The molecule has 0 bridgehead atoms. The van der Waals surface area contributed by atoms with Crippen molar-refractivity contribution < 1.29 is 9.59 Å². The maximum atomic E-state index is 12.3. The molecule has 104 valence electrons. The molecule has 0 spiro atoms. The normalized spacial score (nSPS) is 9.84. The van der Waals surface area contributed by atoms with Crippen molar-refractivity contribution in [3.8, 4) is 0 Å². The van der Waals surface area contributed by atoms with Gasteiger partial charge >= 0.3 is 0 Å². The minimum absolute atomic E-state index is 0.0626. The maximum Gasteiger partial charge on any atom is 0.256 e. The van der Waals surface area contributed by atoms with Crippen molar-refractivity contribution >= 4 is 17.5 Å². The molecule has 5 nitrogen and oxygen atoms in total. The van der Waals surface area contributed by atoms with Crippen LogP contribution in [-0.2, 0) is 4.79 Å². The third-order valence-corrected chi connectivity index (χ3v) is 2.63. The molecule has 0 atom stereocenters. The fraction of sp³-hybridized carbons (Fsp3) is 0.429. The van der Waals surface area contributed by atoms with Crippen LogP contribution >= 0.6 is 0 Å². The van der Waals surface area contributed by atoms with E-state index in [9.17, 15) is 9.59 Å².